The Bertz CT molecular complexity index is 34.0. The van der Waals surface area contributed by atoms with Crippen molar-refractivity contribution in [2.45, 2.75) is 0 Å². The maximum atomic E-state index is 3.22. The minimum atomic E-state index is 0. The molecule has 0 radical (unpaired) electrons. The molecule has 1 rings (SSSR count). The quantitative estimate of drug-likeness (QED) is 0.525. The summed E-state index contributed by atoms with van der Waals surface area (Å²) in [7, 11) is 0. The summed E-state index contributed by atoms with van der Waals surface area (Å²) in [5.74, 6) is 0. The molecule has 1 fully saturated rings. The molecule has 0 bridgehead atoms. The number of hydrogen-bond donors (Lipinski definition) is 2. The SMILES string of the molecule is C1CNCCN1.F.P.P.P. The van der Waals surface area contributed by atoms with Crippen LogP contribution in [0.1, 0.15) is 0 Å². The minimum absolute atomic E-state index is 0. The summed E-state index contributed by atoms with van der Waals surface area (Å²) in [6.07, 6.45) is 0. The van der Waals surface area contributed by atoms with Gasteiger partial charge in [-0.15, -0.1) is 0 Å². The lowest BCUT2D eigenvalue weighted by Gasteiger charge is -2.11. The van der Waals surface area contributed by atoms with Gasteiger partial charge in [-0.05, 0) is 0 Å². The Kier molecular flexibility index (Phi) is 37.3. The van der Waals surface area contributed by atoms with E-state index in [0.717, 1.165) is 26.2 Å². The van der Waals surface area contributed by atoms with E-state index in [1.165, 1.54) is 0 Å². The zero-order valence-corrected chi connectivity index (χ0v) is 10.6. The number of nitrogens with one attached hydrogen (secondary N) is 2. The molecule has 0 amide bonds. The number of rotatable bonds is 0. The summed E-state index contributed by atoms with van der Waals surface area (Å²) in [6.45, 7) is 4.56. The molecule has 0 aromatic heterocycles. The number of halogens is 1. The highest BCUT2D eigenvalue weighted by Crippen LogP contribution is 1.65. The van der Waals surface area contributed by atoms with Gasteiger partial charge >= 0.3 is 0 Å². The number of piperazine rings is 1. The van der Waals surface area contributed by atoms with Gasteiger partial charge in [0, 0.05) is 26.2 Å². The molecule has 2 N–H and O–H groups in total. The molecule has 10 heavy (non-hydrogen) atoms. The van der Waals surface area contributed by atoms with Crippen LogP contribution in [0.4, 0.5) is 4.70 Å². The van der Waals surface area contributed by atoms with Crippen molar-refractivity contribution in [3.8, 4) is 0 Å². The summed E-state index contributed by atoms with van der Waals surface area (Å²) in [4.78, 5) is 0. The van der Waals surface area contributed by atoms with E-state index in [1.807, 2.05) is 0 Å². The Hall–Kier alpha value is 1.14. The van der Waals surface area contributed by atoms with Gasteiger partial charge in [-0.2, -0.15) is 29.7 Å². The van der Waals surface area contributed by atoms with E-state index in [1.54, 1.807) is 0 Å². The average molecular weight is 208 g/mol. The van der Waals surface area contributed by atoms with Crippen LogP contribution in [0.3, 0.4) is 0 Å². The lowest BCUT2D eigenvalue weighted by Crippen LogP contribution is -2.39. The predicted molar refractivity (Wildman–Crippen MR) is 61.6 cm³/mol. The van der Waals surface area contributed by atoms with Crippen molar-refractivity contribution in [3.63, 3.8) is 0 Å². The van der Waals surface area contributed by atoms with Crippen LogP contribution in [0.25, 0.3) is 0 Å². The van der Waals surface area contributed by atoms with Gasteiger partial charge in [0.2, 0.25) is 0 Å². The van der Waals surface area contributed by atoms with Crippen molar-refractivity contribution in [1.82, 2.24) is 10.6 Å². The van der Waals surface area contributed by atoms with Crippen LogP contribution in [0.15, 0.2) is 0 Å². The van der Waals surface area contributed by atoms with Gasteiger partial charge in [0.1, 0.15) is 0 Å². The van der Waals surface area contributed by atoms with Crippen LogP contribution < -0.4 is 10.6 Å². The summed E-state index contributed by atoms with van der Waals surface area (Å²) >= 11 is 0. The van der Waals surface area contributed by atoms with Gasteiger partial charge in [-0.25, -0.2) is 0 Å². The normalized spacial score (nSPS) is 14.4. The third-order valence-electron chi connectivity index (χ3n) is 0.957. The van der Waals surface area contributed by atoms with Crippen molar-refractivity contribution in [1.29, 1.82) is 0 Å². The first-order chi connectivity index (χ1) is 3.00. The molecule has 0 aromatic rings. The third-order valence-corrected chi connectivity index (χ3v) is 0.957. The molecule has 1 saturated heterocycles. The second kappa shape index (κ2) is 16.6. The molecule has 0 aliphatic carbocycles. The first-order valence-corrected chi connectivity index (χ1v) is 2.41. The molecule has 1 aliphatic heterocycles. The first-order valence-electron chi connectivity index (χ1n) is 2.41. The second-order valence-corrected chi connectivity index (χ2v) is 1.50. The van der Waals surface area contributed by atoms with Crippen molar-refractivity contribution in [2.75, 3.05) is 26.2 Å². The summed E-state index contributed by atoms with van der Waals surface area (Å²) in [6, 6.07) is 0. The van der Waals surface area contributed by atoms with E-state index < -0.39 is 0 Å². The monoisotopic (exact) mass is 208 g/mol. The van der Waals surface area contributed by atoms with E-state index in [9.17, 15) is 0 Å². The number of hydrogen-bond acceptors (Lipinski definition) is 2. The maximum Gasteiger partial charge on any atom is 0.00772 e. The summed E-state index contributed by atoms with van der Waals surface area (Å²) in [5.41, 5.74) is 0. The van der Waals surface area contributed by atoms with E-state index in [4.69, 9.17) is 0 Å². The Morgan fingerprint density at radius 3 is 0.900 bits per heavy atom. The van der Waals surface area contributed by atoms with Gasteiger partial charge < -0.3 is 10.6 Å². The van der Waals surface area contributed by atoms with Crippen LogP contribution >= 0.6 is 29.7 Å². The summed E-state index contributed by atoms with van der Waals surface area (Å²) < 4.78 is 0. The lowest BCUT2D eigenvalue weighted by molar-refractivity contribution is 0.534. The van der Waals surface area contributed by atoms with E-state index in [0.29, 0.717) is 0 Å². The van der Waals surface area contributed by atoms with Crippen LogP contribution in [-0.4, -0.2) is 26.2 Å². The van der Waals surface area contributed by atoms with E-state index >= 15 is 0 Å². The van der Waals surface area contributed by atoms with Gasteiger partial charge in [0.05, 0.1) is 0 Å². The van der Waals surface area contributed by atoms with Crippen LogP contribution in [0.2, 0.25) is 0 Å². The molecule has 1 heterocycles. The van der Waals surface area contributed by atoms with E-state index in [2.05, 4.69) is 10.6 Å². The van der Waals surface area contributed by atoms with Gasteiger partial charge in [0.25, 0.3) is 0 Å². The zero-order chi connectivity index (χ0) is 4.24. The minimum Gasteiger partial charge on any atom is -0.314 e. The first kappa shape index (κ1) is 22.5. The highest BCUT2D eigenvalue weighted by Gasteiger charge is 1.91. The molecule has 3 unspecified atom stereocenters. The molecule has 0 saturated carbocycles. The fourth-order valence-electron chi connectivity index (χ4n) is 0.604. The molecule has 1 aliphatic rings. The Labute approximate surface area is 71.9 Å². The van der Waals surface area contributed by atoms with Crippen molar-refractivity contribution in [3.05, 3.63) is 0 Å². The molecular formula is C4H20FN2P3. The fourth-order valence-corrected chi connectivity index (χ4v) is 0.604. The molecule has 0 aromatic carbocycles. The summed E-state index contributed by atoms with van der Waals surface area (Å²) in [5, 5.41) is 6.44. The molecule has 0 spiro atoms. The van der Waals surface area contributed by atoms with Crippen molar-refractivity contribution < 1.29 is 4.70 Å². The molecular weight excluding hydrogens is 188 g/mol. The van der Waals surface area contributed by atoms with Gasteiger partial charge in [-0.3, -0.25) is 4.70 Å². The van der Waals surface area contributed by atoms with Crippen LogP contribution in [0, 0.1) is 0 Å². The zero-order valence-electron chi connectivity index (χ0n) is 6.36. The second-order valence-electron chi connectivity index (χ2n) is 1.50. The van der Waals surface area contributed by atoms with Gasteiger partial charge in [-0.1, -0.05) is 0 Å². The molecule has 6 heteroatoms. The molecule has 2 nitrogen and oxygen atoms in total. The largest absolute Gasteiger partial charge is 0.314 e. The predicted octanol–water partition coefficient (Wildman–Crippen LogP) is -0.494. The maximum absolute atomic E-state index is 3.22. The molecule has 68 valence electrons. The van der Waals surface area contributed by atoms with Gasteiger partial charge in [0.15, 0.2) is 0 Å². The highest BCUT2D eigenvalue weighted by molar-refractivity contribution is 6.92. The Morgan fingerprint density at radius 2 is 0.800 bits per heavy atom. The van der Waals surface area contributed by atoms with Crippen molar-refractivity contribution >= 4 is 29.7 Å². The third kappa shape index (κ3) is 11.9. The highest BCUT2D eigenvalue weighted by atomic mass is 31.0. The lowest BCUT2D eigenvalue weighted by atomic mass is 10.4. The average Bonchev–Trinajstić information content (AvgIpc) is 1.72. The van der Waals surface area contributed by atoms with Crippen LogP contribution in [-0.2, 0) is 0 Å². The molecule has 3 atom stereocenters. The van der Waals surface area contributed by atoms with Crippen molar-refractivity contribution in [2.24, 2.45) is 0 Å². The fraction of sp³-hybridized carbons (Fsp3) is 1.00. The Balaban J connectivity index is -0.0000000450. The van der Waals surface area contributed by atoms with E-state index in [-0.39, 0.29) is 34.4 Å². The smallest absolute Gasteiger partial charge is 0.00772 e. The topological polar surface area (TPSA) is 24.1 Å². The standard InChI is InChI=1S/C4H10N2.FH.3H3P/c1-2-6-4-3-5-1;;;;/h5-6H,1-4H2;1H;3*1H3. The Morgan fingerprint density at radius 1 is 0.600 bits per heavy atom. The van der Waals surface area contributed by atoms with Crippen LogP contribution in [0.5, 0.6) is 0 Å².